The number of halogens is 1. The molecule has 0 unspecified atom stereocenters. The first-order valence-electron chi connectivity index (χ1n) is 10.2. The third-order valence-corrected chi connectivity index (χ3v) is 6.33. The molecule has 5 rings (SSSR count). The molecule has 2 aliphatic heterocycles. The van der Waals surface area contributed by atoms with E-state index in [1.165, 1.54) is 18.2 Å². The molecule has 0 bridgehead atoms. The fourth-order valence-electron chi connectivity index (χ4n) is 4.58. The summed E-state index contributed by atoms with van der Waals surface area (Å²) in [7, 11) is 0. The Labute approximate surface area is 193 Å². The van der Waals surface area contributed by atoms with E-state index in [4.69, 9.17) is 26.8 Å². The van der Waals surface area contributed by atoms with Gasteiger partial charge in [-0.05, 0) is 36.6 Å². The second-order valence-electron chi connectivity index (χ2n) is 7.82. The normalized spacial score (nSPS) is 19.5. The van der Waals surface area contributed by atoms with Gasteiger partial charge in [0, 0.05) is 29.8 Å². The van der Waals surface area contributed by atoms with Gasteiger partial charge in [0.2, 0.25) is 6.79 Å². The second-order valence-corrected chi connectivity index (χ2v) is 8.23. The number of nitriles is 1. The van der Waals surface area contributed by atoms with Crippen molar-refractivity contribution in [3.63, 3.8) is 0 Å². The van der Waals surface area contributed by atoms with E-state index in [1.54, 1.807) is 23.1 Å². The third kappa shape index (κ3) is 3.27. The summed E-state index contributed by atoms with van der Waals surface area (Å²) in [6, 6.07) is 11.5. The molecule has 33 heavy (non-hydrogen) atoms. The number of ether oxygens (including phenoxy) is 2. The zero-order valence-electron chi connectivity index (χ0n) is 17.2. The van der Waals surface area contributed by atoms with Crippen molar-refractivity contribution in [3.05, 3.63) is 79.8 Å². The summed E-state index contributed by atoms with van der Waals surface area (Å²) in [5, 5.41) is 21.3. The van der Waals surface area contributed by atoms with Crippen LogP contribution in [0, 0.1) is 21.4 Å². The highest BCUT2D eigenvalue weighted by molar-refractivity contribution is 6.33. The van der Waals surface area contributed by atoms with Crippen molar-refractivity contribution in [3.8, 4) is 17.6 Å². The molecule has 3 aliphatic rings. The Morgan fingerprint density at radius 2 is 1.97 bits per heavy atom. The Morgan fingerprint density at radius 1 is 1.18 bits per heavy atom. The summed E-state index contributed by atoms with van der Waals surface area (Å²) in [5.41, 5.74) is 8.71. The predicted molar refractivity (Wildman–Crippen MR) is 119 cm³/mol. The highest BCUT2D eigenvalue weighted by Gasteiger charge is 2.41. The summed E-state index contributed by atoms with van der Waals surface area (Å²) in [6.07, 6.45) is 1.50. The van der Waals surface area contributed by atoms with Gasteiger partial charge in [-0.1, -0.05) is 17.7 Å². The smallest absolute Gasteiger partial charge is 0.271 e. The third-order valence-electron chi connectivity index (χ3n) is 6.03. The number of carbonyl (C=O) groups is 1. The summed E-state index contributed by atoms with van der Waals surface area (Å²) in [6.45, 7) is 0.103. The highest BCUT2D eigenvalue weighted by atomic mass is 35.5. The van der Waals surface area contributed by atoms with Crippen molar-refractivity contribution < 1.29 is 19.2 Å². The summed E-state index contributed by atoms with van der Waals surface area (Å²) < 4.78 is 10.9. The number of rotatable bonds is 3. The number of nitrogens with zero attached hydrogens (tertiary/aromatic N) is 3. The topological polar surface area (TPSA) is 132 Å². The summed E-state index contributed by atoms with van der Waals surface area (Å²) in [5.74, 6) is 0.509. The molecule has 1 aliphatic carbocycles. The number of fused-ring (bicyclic) bond motifs is 1. The molecule has 2 N–H and O–H groups in total. The van der Waals surface area contributed by atoms with Crippen molar-refractivity contribution in [2.24, 2.45) is 5.73 Å². The molecule has 2 aromatic carbocycles. The number of carbonyl (C=O) groups excluding carboxylic acids is 1. The Kier molecular flexibility index (Phi) is 4.95. The number of non-ortho nitro benzene ring substituents is 1. The van der Waals surface area contributed by atoms with Crippen LogP contribution in [0.3, 0.4) is 0 Å². The molecule has 10 heteroatoms. The standard InChI is InChI=1S/C23H17ClN4O5/c24-15-9-13(28(30)31)5-6-16(15)27-17-2-1-3-18(29)22(17)21(14(10-25)23(27)26)12-4-7-19-20(8-12)33-11-32-19/h4-9,21H,1-3,11,26H2/t21-/m0/s1. The molecule has 2 aromatic rings. The predicted octanol–water partition coefficient (Wildman–Crippen LogP) is 4.28. The lowest BCUT2D eigenvalue weighted by Crippen LogP contribution is -2.38. The van der Waals surface area contributed by atoms with Crippen molar-refractivity contribution in [2.45, 2.75) is 25.2 Å². The average Bonchev–Trinajstić information content (AvgIpc) is 3.27. The van der Waals surface area contributed by atoms with Crippen molar-refractivity contribution in [1.82, 2.24) is 0 Å². The number of nitrogens with two attached hydrogens (primary N) is 1. The molecule has 0 aromatic heterocycles. The van der Waals surface area contributed by atoms with Gasteiger partial charge in [-0.2, -0.15) is 5.26 Å². The molecule has 0 saturated carbocycles. The molecular formula is C23H17ClN4O5. The van der Waals surface area contributed by atoms with Gasteiger partial charge in [-0.3, -0.25) is 19.8 Å². The number of nitro groups is 1. The lowest BCUT2D eigenvalue weighted by atomic mass is 9.75. The SMILES string of the molecule is N#CC1=C(N)N(c2ccc([N+](=O)[O-])cc2Cl)C2=C(C(=O)CCC2)[C@H]1c1ccc2c(c1)OCO2. The van der Waals surface area contributed by atoms with Crippen molar-refractivity contribution in [1.29, 1.82) is 5.26 Å². The molecule has 0 fully saturated rings. The van der Waals surface area contributed by atoms with E-state index >= 15 is 0 Å². The van der Waals surface area contributed by atoms with E-state index in [0.29, 0.717) is 53.3 Å². The van der Waals surface area contributed by atoms with E-state index in [9.17, 15) is 20.2 Å². The highest BCUT2D eigenvalue weighted by Crippen LogP contribution is 2.49. The van der Waals surface area contributed by atoms with Gasteiger partial charge in [0.05, 0.1) is 33.2 Å². The maximum absolute atomic E-state index is 13.2. The fraction of sp³-hybridized carbons (Fsp3) is 0.217. The van der Waals surface area contributed by atoms with Crippen LogP contribution in [0.1, 0.15) is 30.7 Å². The van der Waals surface area contributed by atoms with Gasteiger partial charge in [0.15, 0.2) is 17.3 Å². The first-order valence-corrected chi connectivity index (χ1v) is 10.6. The van der Waals surface area contributed by atoms with Gasteiger partial charge < -0.3 is 15.2 Å². The van der Waals surface area contributed by atoms with E-state index in [-0.39, 0.29) is 34.7 Å². The molecular weight excluding hydrogens is 448 g/mol. The lowest BCUT2D eigenvalue weighted by molar-refractivity contribution is -0.384. The quantitative estimate of drug-likeness (QED) is 0.525. The maximum atomic E-state index is 13.2. The number of anilines is 1. The monoisotopic (exact) mass is 464 g/mol. The number of allylic oxidation sites excluding steroid dienone is 3. The Hall–Kier alpha value is -4.03. The van der Waals surface area contributed by atoms with Crippen LogP contribution in [0.5, 0.6) is 11.5 Å². The summed E-state index contributed by atoms with van der Waals surface area (Å²) in [4.78, 5) is 25.4. The largest absolute Gasteiger partial charge is 0.454 e. The minimum Gasteiger partial charge on any atom is -0.454 e. The number of benzene rings is 2. The van der Waals surface area contributed by atoms with Crippen LogP contribution in [0.2, 0.25) is 5.02 Å². The van der Waals surface area contributed by atoms with Crippen LogP contribution in [0.15, 0.2) is 59.1 Å². The molecule has 1 atom stereocenters. The molecule has 9 nitrogen and oxygen atoms in total. The molecule has 0 amide bonds. The number of nitro benzene ring substituents is 1. The first kappa shape index (κ1) is 20.8. The molecule has 2 heterocycles. The van der Waals surface area contributed by atoms with E-state index < -0.39 is 10.8 Å². The number of ketones is 1. The summed E-state index contributed by atoms with van der Waals surface area (Å²) >= 11 is 6.40. The fourth-order valence-corrected chi connectivity index (χ4v) is 4.84. The van der Waals surface area contributed by atoms with Gasteiger partial charge >= 0.3 is 0 Å². The van der Waals surface area contributed by atoms with E-state index in [0.717, 1.165) is 0 Å². The Morgan fingerprint density at radius 3 is 2.70 bits per heavy atom. The lowest BCUT2D eigenvalue weighted by Gasteiger charge is -2.39. The van der Waals surface area contributed by atoms with Gasteiger partial charge in [0.25, 0.3) is 5.69 Å². The number of hydrogen-bond donors (Lipinski definition) is 1. The minimum absolute atomic E-state index is 0.0813. The van der Waals surface area contributed by atoms with Crippen molar-refractivity contribution in [2.75, 3.05) is 11.7 Å². The minimum atomic E-state index is -0.666. The zero-order chi connectivity index (χ0) is 23.3. The number of Topliss-reactive ketones (excluding diaryl/α,β-unsaturated/α-hetero) is 1. The second kappa shape index (κ2) is 7.83. The maximum Gasteiger partial charge on any atom is 0.271 e. The first-order chi connectivity index (χ1) is 15.9. The number of hydrogen-bond acceptors (Lipinski definition) is 8. The van der Waals surface area contributed by atoms with Crippen LogP contribution in [-0.2, 0) is 4.79 Å². The van der Waals surface area contributed by atoms with Crippen LogP contribution in [0.25, 0.3) is 0 Å². The van der Waals surface area contributed by atoms with Crippen LogP contribution in [-0.4, -0.2) is 17.5 Å². The van der Waals surface area contributed by atoms with Crippen LogP contribution >= 0.6 is 11.6 Å². The van der Waals surface area contributed by atoms with E-state index in [2.05, 4.69) is 6.07 Å². The van der Waals surface area contributed by atoms with Crippen LogP contribution in [0.4, 0.5) is 11.4 Å². The molecule has 0 radical (unpaired) electrons. The Balaban J connectivity index is 1.71. The molecule has 166 valence electrons. The van der Waals surface area contributed by atoms with Crippen LogP contribution < -0.4 is 20.1 Å². The van der Waals surface area contributed by atoms with E-state index in [1.807, 2.05) is 0 Å². The zero-order valence-corrected chi connectivity index (χ0v) is 18.0. The Bertz CT molecular complexity index is 1330. The average molecular weight is 465 g/mol. The van der Waals surface area contributed by atoms with Gasteiger partial charge in [0.1, 0.15) is 5.82 Å². The molecule has 0 saturated heterocycles. The molecule has 0 spiro atoms. The van der Waals surface area contributed by atoms with Gasteiger partial charge in [-0.15, -0.1) is 0 Å². The van der Waals surface area contributed by atoms with Crippen molar-refractivity contribution >= 4 is 28.8 Å². The van der Waals surface area contributed by atoms with Gasteiger partial charge in [-0.25, -0.2) is 0 Å².